The van der Waals surface area contributed by atoms with Gasteiger partial charge in [0.05, 0.1) is 0 Å². The number of unbranched alkanes of at least 4 members (excludes halogenated alkanes) is 1. The molecule has 0 saturated carbocycles. The Hall–Kier alpha value is -0.820. The highest BCUT2D eigenvalue weighted by Gasteiger charge is 2.20. The maximum absolute atomic E-state index is 11.4. The molecule has 0 radical (unpaired) electrons. The smallest absolute Gasteiger partial charge is 0.407 e. The summed E-state index contributed by atoms with van der Waals surface area (Å²) in [4.78, 5) is 25.2. The molecule has 0 saturated heterocycles. The van der Waals surface area contributed by atoms with Gasteiger partial charge in [0.1, 0.15) is 6.61 Å². The van der Waals surface area contributed by atoms with Gasteiger partial charge in [0.15, 0.2) is 0 Å². The Morgan fingerprint density at radius 2 is 2.33 bits per heavy atom. The van der Waals surface area contributed by atoms with Gasteiger partial charge >= 0.3 is 6.09 Å². The molecule has 1 rings (SSSR count). The highest BCUT2D eigenvalue weighted by molar-refractivity contribution is 9.11. The Morgan fingerprint density at radius 3 is 2.89 bits per heavy atom. The van der Waals surface area contributed by atoms with Crippen LogP contribution < -0.4 is 5.32 Å². The highest BCUT2D eigenvalue weighted by atomic mass is 79.9. The van der Waals surface area contributed by atoms with Crippen molar-refractivity contribution in [3.05, 3.63) is 21.5 Å². The minimum absolute atomic E-state index is 0. The summed E-state index contributed by atoms with van der Waals surface area (Å²) in [7, 11) is 0. The molecule has 102 valence electrons. The van der Waals surface area contributed by atoms with Gasteiger partial charge in [-0.15, -0.1) is 0 Å². The van der Waals surface area contributed by atoms with E-state index in [1.54, 1.807) is 11.1 Å². The fraction of sp³-hybridized carbons (Fsp3) is 0.455. The number of amides is 1. The molecule has 0 atom stereocenters. The molecule has 1 heterocycles. The predicted octanol–water partition coefficient (Wildman–Crippen LogP) is 3.10. The normalized spacial score (nSPS) is 16.2. The number of alkyl carbamates (subject to hydrolysis) is 1. The van der Waals surface area contributed by atoms with E-state index in [4.69, 9.17) is 4.74 Å². The number of halogens is 2. The second kappa shape index (κ2) is 9.16. The summed E-state index contributed by atoms with van der Waals surface area (Å²) in [5.74, 6) is 0. The third kappa shape index (κ3) is 5.68. The molecule has 0 aromatic rings. The van der Waals surface area contributed by atoms with Gasteiger partial charge < -0.3 is 10.1 Å². The average Bonchev–Trinajstić information content (AvgIpc) is 2.68. The summed E-state index contributed by atoms with van der Waals surface area (Å²) in [6.45, 7) is 2.66. The third-order valence-electron chi connectivity index (χ3n) is 2.06. The molecule has 0 unspecified atom stereocenters. The van der Waals surface area contributed by atoms with Gasteiger partial charge in [-0.05, 0) is 29.2 Å². The fourth-order valence-electron chi connectivity index (χ4n) is 1.15. The first-order chi connectivity index (χ1) is 8.17. The van der Waals surface area contributed by atoms with Crippen LogP contribution in [-0.4, -0.2) is 24.4 Å². The second-order valence-corrected chi connectivity index (χ2v) is 4.93. The summed E-state index contributed by atoms with van der Waals surface area (Å²) in [5.41, 5.74) is 0.506. The lowest BCUT2D eigenvalue weighted by Gasteiger charge is -2.05. The topological polar surface area (TPSA) is 55.4 Å². The number of carbonyl (C=O) groups is 2. The summed E-state index contributed by atoms with van der Waals surface area (Å²) < 4.78 is 4.94. The maximum Gasteiger partial charge on any atom is 0.407 e. The fourth-order valence-corrected chi connectivity index (χ4v) is 2.27. The first kappa shape index (κ1) is 17.2. The zero-order valence-electron chi connectivity index (χ0n) is 9.90. The van der Waals surface area contributed by atoms with Crippen molar-refractivity contribution in [3.8, 4) is 0 Å². The summed E-state index contributed by atoms with van der Waals surface area (Å²) >= 11 is 4.27. The number of rotatable bonds is 5. The minimum atomic E-state index is -0.478. The van der Waals surface area contributed by atoms with Crippen LogP contribution >= 0.6 is 27.7 Å². The molecule has 4 nitrogen and oxygen atoms in total. The van der Waals surface area contributed by atoms with Crippen molar-refractivity contribution in [2.75, 3.05) is 13.2 Å². The number of allylic oxidation sites excluding steroid dienone is 1. The van der Waals surface area contributed by atoms with Gasteiger partial charge in [-0.2, -0.15) is 0 Å². The number of hydrogen-bond donors (Lipinski definition) is 1. The first-order valence-corrected chi connectivity index (χ1v) is 7.04. The maximum atomic E-state index is 11.4. The molecule has 0 fully saturated rings. The number of nitrogens with one attached hydrogen (secondary N) is 1. The Kier molecular flexibility index (Phi) is 8.74. The standard InChI is InChI=1S/C11H14BrNO3S.FH/c1-2-3-4-13-11(15)16-7-8-5-9(6-12)17-10(8)14;/h5-6H,2-4,7H2,1H3,(H,13,15);1H/b9-6-;. The summed E-state index contributed by atoms with van der Waals surface area (Å²) in [6, 6.07) is 0. The van der Waals surface area contributed by atoms with Crippen LogP contribution in [0.4, 0.5) is 9.50 Å². The van der Waals surface area contributed by atoms with Gasteiger partial charge in [0.25, 0.3) is 0 Å². The Balaban J connectivity index is 0.00000289. The Labute approximate surface area is 118 Å². The Bertz CT molecular complexity index is 371. The van der Waals surface area contributed by atoms with Gasteiger partial charge in [-0.3, -0.25) is 9.50 Å². The molecule has 1 amide bonds. The van der Waals surface area contributed by atoms with Crippen LogP contribution in [0.1, 0.15) is 19.8 Å². The van der Waals surface area contributed by atoms with Crippen LogP contribution in [0.3, 0.4) is 0 Å². The molecule has 0 aromatic heterocycles. The van der Waals surface area contributed by atoms with Gasteiger partial charge in [-0.25, -0.2) is 4.79 Å². The lowest BCUT2D eigenvalue weighted by atomic mass is 10.3. The van der Waals surface area contributed by atoms with Crippen LogP contribution in [0, 0.1) is 0 Å². The van der Waals surface area contributed by atoms with E-state index in [9.17, 15) is 9.59 Å². The van der Waals surface area contributed by atoms with Gasteiger partial charge in [0, 0.05) is 17.0 Å². The lowest BCUT2D eigenvalue weighted by molar-refractivity contribution is -0.108. The van der Waals surface area contributed by atoms with E-state index >= 15 is 0 Å². The van der Waals surface area contributed by atoms with Crippen LogP contribution in [0.25, 0.3) is 0 Å². The SMILES string of the molecule is CCCCNC(=O)OCC1=C/C(=C/Br)SC1=O.F. The van der Waals surface area contributed by atoms with E-state index in [1.807, 2.05) is 6.92 Å². The second-order valence-electron chi connectivity index (χ2n) is 3.43. The summed E-state index contributed by atoms with van der Waals surface area (Å²) in [5, 5.41) is 2.55. The van der Waals surface area contributed by atoms with Crippen LogP contribution in [0.15, 0.2) is 21.5 Å². The third-order valence-corrected chi connectivity index (χ3v) is 3.77. The number of thioether (sulfide) groups is 1. The molecule has 1 aliphatic heterocycles. The first-order valence-electron chi connectivity index (χ1n) is 5.31. The van der Waals surface area contributed by atoms with Crippen molar-refractivity contribution in [1.82, 2.24) is 5.32 Å². The highest BCUT2D eigenvalue weighted by Crippen LogP contribution is 2.31. The van der Waals surface area contributed by atoms with E-state index in [-0.39, 0.29) is 16.4 Å². The number of ether oxygens (including phenoxy) is 1. The largest absolute Gasteiger partial charge is 0.445 e. The van der Waals surface area contributed by atoms with E-state index in [0.717, 1.165) is 29.5 Å². The van der Waals surface area contributed by atoms with Crippen LogP contribution in [-0.2, 0) is 9.53 Å². The van der Waals surface area contributed by atoms with Crippen LogP contribution in [0.2, 0.25) is 0 Å². The van der Waals surface area contributed by atoms with E-state index in [2.05, 4.69) is 21.2 Å². The molecule has 7 heteroatoms. The minimum Gasteiger partial charge on any atom is -0.445 e. The lowest BCUT2D eigenvalue weighted by Crippen LogP contribution is -2.26. The monoisotopic (exact) mass is 339 g/mol. The van der Waals surface area contributed by atoms with Crippen molar-refractivity contribution in [3.63, 3.8) is 0 Å². The zero-order chi connectivity index (χ0) is 12.7. The van der Waals surface area contributed by atoms with Crippen molar-refractivity contribution in [2.24, 2.45) is 0 Å². The molecule has 1 aliphatic rings. The van der Waals surface area contributed by atoms with E-state index in [0.29, 0.717) is 12.1 Å². The molecular formula is C11H15BrFNO3S. The molecule has 1 N–H and O–H groups in total. The number of hydrogen-bond acceptors (Lipinski definition) is 4. The average molecular weight is 340 g/mol. The zero-order valence-corrected chi connectivity index (χ0v) is 12.3. The Morgan fingerprint density at radius 1 is 1.61 bits per heavy atom. The van der Waals surface area contributed by atoms with Gasteiger partial charge in [0.2, 0.25) is 5.12 Å². The molecule has 0 aromatic carbocycles. The van der Waals surface area contributed by atoms with E-state index < -0.39 is 6.09 Å². The van der Waals surface area contributed by atoms with Crippen molar-refractivity contribution in [2.45, 2.75) is 19.8 Å². The van der Waals surface area contributed by atoms with Crippen molar-refractivity contribution >= 4 is 38.9 Å². The molecule has 18 heavy (non-hydrogen) atoms. The summed E-state index contributed by atoms with van der Waals surface area (Å²) in [6.07, 6.45) is 3.16. The molecule has 0 aliphatic carbocycles. The molecule has 0 spiro atoms. The van der Waals surface area contributed by atoms with Crippen LogP contribution in [0.5, 0.6) is 0 Å². The van der Waals surface area contributed by atoms with Crippen molar-refractivity contribution in [1.29, 1.82) is 0 Å². The quantitative estimate of drug-likeness (QED) is 0.782. The van der Waals surface area contributed by atoms with Gasteiger partial charge in [-0.1, -0.05) is 29.3 Å². The molecule has 0 bridgehead atoms. The molecular weight excluding hydrogens is 325 g/mol. The predicted molar refractivity (Wildman–Crippen MR) is 74.5 cm³/mol. The van der Waals surface area contributed by atoms with E-state index in [1.165, 1.54) is 0 Å². The van der Waals surface area contributed by atoms with Crippen molar-refractivity contribution < 1.29 is 19.0 Å². The number of carbonyl (C=O) groups excluding carboxylic acids is 2.